The van der Waals surface area contributed by atoms with Crippen LogP contribution in [-0.2, 0) is 4.79 Å². The third-order valence-electron chi connectivity index (χ3n) is 2.60. The predicted octanol–water partition coefficient (Wildman–Crippen LogP) is 1.08. The van der Waals surface area contributed by atoms with Gasteiger partial charge in [0.05, 0.1) is 12.1 Å². The maximum absolute atomic E-state index is 11.1. The number of unbranched alkanes of at least 4 members (excludes halogenated alkanes) is 1. The summed E-state index contributed by atoms with van der Waals surface area (Å²) in [6.07, 6.45) is 1.86. The van der Waals surface area contributed by atoms with Crippen molar-refractivity contribution in [1.29, 1.82) is 0 Å². The summed E-state index contributed by atoms with van der Waals surface area (Å²) in [5, 5.41) is 19.1. The smallest absolute Gasteiger partial charge is 0.194 e. The maximum Gasteiger partial charge on any atom is 0.194 e. The standard InChI is InChI=1S/C10H17NO3/c1-3-4-5-7-9(13)8(6(2)12)10(14)11-7/h7-9,13H,3-5H2,1-2H3,(H,11,14). The zero-order valence-corrected chi connectivity index (χ0v) is 8.60. The molecule has 2 N–H and O–H groups in total. The number of carbonyl (C=O) groups excluding carboxylic acids is 1. The molecule has 0 amide bonds. The molecule has 0 saturated heterocycles. The van der Waals surface area contributed by atoms with E-state index in [4.69, 9.17) is 0 Å². The Labute approximate surface area is 83.7 Å². The van der Waals surface area contributed by atoms with Crippen molar-refractivity contribution in [3.63, 3.8) is 0 Å². The van der Waals surface area contributed by atoms with Crippen LogP contribution in [0.2, 0.25) is 0 Å². The van der Waals surface area contributed by atoms with Crippen molar-refractivity contribution < 1.29 is 15.0 Å². The third-order valence-corrected chi connectivity index (χ3v) is 2.60. The molecule has 0 radical (unpaired) electrons. The number of rotatable bonds is 4. The van der Waals surface area contributed by atoms with Gasteiger partial charge < -0.3 is 10.2 Å². The van der Waals surface area contributed by atoms with Gasteiger partial charge in [-0.2, -0.15) is 0 Å². The predicted molar refractivity (Wildman–Crippen MR) is 53.6 cm³/mol. The summed E-state index contributed by atoms with van der Waals surface area (Å²) in [4.78, 5) is 15.0. The van der Waals surface area contributed by atoms with E-state index in [0.717, 1.165) is 19.3 Å². The van der Waals surface area contributed by atoms with E-state index < -0.39 is 12.0 Å². The quantitative estimate of drug-likeness (QED) is 0.711. The minimum absolute atomic E-state index is 0.203. The number of nitrogens with zero attached hydrogens (tertiary/aromatic N) is 1. The number of carbonyl (C=O) groups is 1. The van der Waals surface area contributed by atoms with Crippen LogP contribution in [0.5, 0.6) is 0 Å². The fourth-order valence-corrected chi connectivity index (χ4v) is 1.77. The van der Waals surface area contributed by atoms with Gasteiger partial charge in [-0.15, -0.1) is 0 Å². The van der Waals surface area contributed by atoms with Gasteiger partial charge in [0.1, 0.15) is 11.7 Å². The van der Waals surface area contributed by atoms with Gasteiger partial charge in [0.15, 0.2) is 5.90 Å². The number of Topliss-reactive ketones (excluding diaryl/α,β-unsaturated/α-hetero) is 1. The second kappa shape index (κ2) is 4.55. The zero-order chi connectivity index (χ0) is 10.7. The Morgan fingerprint density at radius 1 is 1.57 bits per heavy atom. The van der Waals surface area contributed by atoms with Gasteiger partial charge in [-0.3, -0.25) is 4.79 Å². The number of ketones is 1. The first-order chi connectivity index (χ1) is 6.57. The maximum atomic E-state index is 11.1. The molecule has 80 valence electrons. The SMILES string of the molecule is CCCCC1N=C(O)C(C(C)=O)C1O. The fourth-order valence-electron chi connectivity index (χ4n) is 1.77. The van der Waals surface area contributed by atoms with Crippen LogP contribution in [-0.4, -0.2) is 34.0 Å². The van der Waals surface area contributed by atoms with Crippen LogP contribution >= 0.6 is 0 Å². The second-order valence-corrected chi connectivity index (χ2v) is 3.78. The van der Waals surface area contributed by atoms with Crippen molar-refractivity contribution >= 4 is 11.7 Å². The van der Waals surface area contributed by atoms with E-state index in [0.29, 0.717) is 0 Å². The molecule has 1 aliphatic heterocycles. The highest BCUT2D eigenvalue weighted by Gasteiger charge is 2.40. The average Bonchev–Trinajstić information content (AvgIpc) is 2.38. The third kappa shape index (κ3) is 2.12. The summed E-state index contributed by atoms with van der Waals surface area (Å²) < 4.78 is 0. The molecule has 1 heterocycles. The van der Waals surface area contributed by atoms with Gasteiger partial charge in [-0.25, -0.2) is 4.99 Å². The van der Waals surface area contributed by atoms with Crippen LogP contribution in [0.15, 0.2) is 4.99 Å². The van der Waals surface area contributed by atoms with Gasteiger partial charge in [-0.1, -0.05) is 19.8 Å². The van der Waals surface area contributed by atoms with E-state index in [1.165, 1.54) is 6.92 Å². The van der Waals surface area contributed by atoms with Gasteiger partial charge in [-0.05, 0) is 13.3 Å². The molecule has 0 saturated carbocycles. The Balaban J connectivity index is 2.63. The molecule has 0 aromatic rings. The van der Waals surface area contributed by atoms with Crippen molar-refractivity contribution in [3.05, 3.63) is 0 Å². The lowest BCUT2D eigenvalue weighted by molar-refractivity contribution is -0.121. The second-order valence-electron chi connectivity index (χ2n) is 3.78. The highest BCUT2D eigenvalue weighted by Crippen LogP contribution is 2.24. The summed E-state index contributed by atoms with van der Waals surface area (Å²) in [7, 11) is 0. The van der Waals surface area contributed by atoms with Crippen molar-refractivity contribution in [3.8, 4) is 0 Å². The molecule has 3 unspecified atom stereocenters. The summed E-state index contributed by atoms with van der Waals surface area (Å²) in [5.41, 5.74) is 0. The van der Waals surface area contributed by atoms with Crippen molar-refractivity contribution in [2.75, 3.05) is 0 Å². The fraction of sp³-hybridized carbons (Fsp3) is 0.800. The summed E-state index contributed by atoms with van der Waals surface area (Å²) in [6, 6.07) is -0.302. The molecule has 0 aromatic carbocycles. The first kappa shape index (κ1) is 11.2. The molecule has 0 bridgehead atoms. The van der Waals surface area contributed by atoms with Crippen LogP contribution < -0.4 is 0 Å². The average molecular weight is 199 g/mol. The molecule has 4 heteroatoms. The highest BCUT2D eigenvalue weighted by atomic mass is 16.3. The van der Waals surface area contributed by atoms with Gasteiger partial charge in [0, 0.05) is 0 Å². The molecule has 3 atom stereocenters. The first-order valence-electron chi connectivity index (χ1n) is 5.03. The molecule has 0 spiro atoms. The van der Waals surface area contributed by atoms with E-state index in [-0.39, 0.29) is 17.7 Å². The summed E-state index contributed by atoms with van der Waals surface area (Å²) >= 11 is 0. The van der Waals surface area contributed by atoms with Crippen LogP contribution in [0.1, 0.15) is 33.1 Å². The molecular formula is C10H17NO3. The molecule has 1 aliphatic rings. The van der Waals surface area contributed by atoms with Gasteiger partial charge in [0.2, 0.25) is 0 Å². The Hall–Kier alpha value is -0.900. The van der Waals surface area contributed by atoms with E-state index in [2.05, 4.69) is 4.99 Å². The van der Waals surface area contributed by atoms with Crippen LogP contribution in [0, 0.1) is 5.92 Å². The molecular weight excluding hydrogens is 182 g/mol. The summed E-state index contributed by atoms with van der Waals surface area (Å²) in [6.45, 7) is 3.41. The Kier molecular flexibility index (Phi) is 3.63. The molecule has 4 nitrogen and oxygen atoms in total. The van der Waals surface area contributed by atoms with Crippen molar-refractivity contribution in [2.45, 2.75) is 45.3 Å². The monoisotopic (exact) mass is 199 g/mol. The normalized spacial score (nSPS) is 31.6. The van der Waals surface area contributed by atoms with Gasteiger partial charge in [0.25, 0.3) is 0 Å². The Morgan fingerprint density at radius 2 is 2.21 bits per heavy atom. The number of aliphatic hydroxyl groups excluding tert-OH is 2. The van der Waals surface area contributed by atoms with Crippen LogP contribution in [0.4, 0.5) is 0 Å². The lowest BCUT2D eigenvalue weighted by Gasteiger charge is -2.15. The largest absolute Gasteiger partial charge is 0.496 e. The van der Waals surface area contributed by atoms with Crippen molar-refractivity contribution in [1.82, 2.24) is 0 Å². The zero-order valence-electron chi connectivity index (χ0n) is 8.60. The Morgan fingerprint density at radius 3 is 2.64 bits per heavy atom. The van der Waals surface area contributed by atoms with E-state index in [1.807, 2.05) is 6.92 Å². The topological polar surface area (TPSA) is 69.9 Å². The number of aliphatic hydroxyl groups is 2. The minimum atomic E-state index is -0.834. The number of hydrogen-bond donors (Lipinski definition) is 2. The van der Waals surface area contributed by atoms with Crippen LogP contribution in [0.25, 0.3) is 0 Å². The lowest BCUT2D eigenvalue weighted by Crippen LogP contribution is -2.33. The lowest BCUT2D eigenvalue weighted by atomic mass is 9.94. The molecule has 14 heavy (non-hydrogen) atoms. The molecule has 0 aliphatic carbocycles. The van der Waals surface area contributed by atoms with E-state index >= 15 is 0 Å². The first-order valence-corrected chi connectivity index (χ1v) is 5.03. The van der Waals surface area contributed by atoms with Crippen molar-refractivity contribution in [2.24, 2.45) is 10.9 Å². The van der Waals surface area contributed by atoms with E-state index in [1.54, 1.807) is 0 Å². The van der Waals surface area contributed by atoms with Gasteiger partial charge >= 0.3 is 0 Å². The minimum Gasteiger partial charge on any atom is -0.496 e. The molecule has 0 aromatic heterocycles. The molecule has 0 fully saturated rings. The highest BCUT2D eigenvalue weighted by molar-refractivity contribution is 6.01. The number of aliphatic imine (C=N–C) groups is 1. The Bertz CT molecular complexity index is 250. The molecule has 1 rings (SSSR count). The van der Waals surface area contributed by atoms with E-state index in [9.17, 15) is 15.0 Å². The summed E-state index contributed by atoms with van der Waals surface area (Å²) in [5.74, 6) is -1.22. The van der Waals surface area contributed by atoms with Crippen LogP contribution in [0.3, 0.4) is 0 Å². The number of hydrogen-bond acceptors (Lipinski definition) is 3.